The number of amides is 1. The number of nitrogens with zero attached hydrogens (tertiary/aromatic N) is 1. The molecule has 0 aliphatic carbocycles. The summed E-state index contributed by atoms with van der Waals surface area (Å²) < 4.78 is 23.2. The standard InChI is InChI=1S/C20H22N2O5S2/c1-19(2,24)11-6-5-7-14-8-9-15-16(13-14)28-17(21-15)10-12-20(3,18(23)22-25)29(4,26)27/h8-9,13,24-25H,10,12H2,1-4H3,(H,22,23). The van der Waals surface area contributed by atoms with Crippen molar-refractivity contribution >= 4 is 37.3 Å². The summed E-state index contributed by atoms with van der Waals surface area (Å²) in [5.41, 5.74) is 1.82. The Balaban J connectivity index is 2.23. The van der Waals surface area contributed by atoms with Crippen molar-refractivity contribution in [1.82, 2.24) is 10.5 Å². The lowest BCUT2D eigenvalue weighted by Gasteiger charge is -2.24. The van der Waals surface area contributed by atoms with Crippen molar-refractivity contribution in [2.45, 2.75) is 44.0 Å². The number of sulfone groups is 1. The number of rotatable bonds is 5. The molecule has 1 atom stereocenters. The molecule has 0 radical (unpaired) electrons. The normalized spacial score (nSPS) is 13.6. The number of aromatic nitrogens is 1. The van der Waals surface area contributed by atoms with E-state index in [9.17, 15) is 18.3 Å². The molecule has 29 heavy (non-hydrogen) atoms. The lowest BCUT2D eigenvalue weighted by atomic mass is 10.0. The summed E-state index contributed by atoms with van der Waals surface area (Å²) >= 11 is 1.38. The van der Waals surface area contributed by atoms with Crippen LogP contribution in [0.25, 0.3) is 10.2 Å². The summed E-state index contributed by atoms with van der Waals surface area (Å²) in [6.45, 7) is 4.43. The van der Waals surface area contributed by atoms with E-state index in [2.05, 4.69) is 28.7 Å². The molecule has 3 N–H and O–H groups in total. The zero-order valence-corrected chi connectivity index (χ0v) is 18.2. The Morgan fingerprint density at radius 1 is 1.28 bits per heavy atom. The molecule has 2 rings (SSSR count). The van der Waals surface area contributed by atoms with Crippen molar-refractivity contribution < 1.29 is 23.5 Å². The number of benzene rings is 1. The maximum atomic E-state index is 12.0. The van der Waals surface area contributed by atoms with Gasteiger partial charge >= 0.3 is 0 Å². The van der Waals surface area contributed by atoms with Crippen LogP contribution in [0.4, 0.5) is 0 Å². The molecule has 1 unspecified atom stereocenters. The number of carbonyl (C=O) groups is 1. The molecule has 0 saturated heterocycles. The maximum absolute atomic E-state index is 12.0. The first-order valence-corrected chi connectivity index (χ1v) is 11.4. The van der Waals surface area contributed by atoms with Crippen LogP contribution in [0, 0.1) is 23.7 Å². The Morgan fingerprint density at radius 2 is 1.97 bits per heavy atom. The van der Waals surface area contributed by atoms with Crippen LogP contribution in [-0.2, 0) is 21.1 Å². The highest BCUT2D eigenvalue weighted by Gasteiger charge is 2.43. The monoisotopic (exact) mass is 434 g/mol. The highest BCUT2D eigenvalue weighted by molar-refractivity contribution is 7.92. The van der Waals surface area contributed by atoms with Gasteiger partial charge in [-0.2, -0.15) is 0 Å². The summed E-state index contributed by atoms with van der Waals surface area (Å²) in [6.07, 6.45) is 1.21. The molecule has 2 aromatic rings. The summed E-state index contributed by atoms with van der Waals surface area (Å²) in [5, 5.41) is 19.1. The summed E-state index contributed by atoms with van der Waals surface area (Å²) in [5.74, 6) is 9.84. The van der Waals surface area contributed by atoms with Gasteiger partial charge in [-0.15, -0.1) is 11.3 Å². The van der Waals surface area contributed by atoms with Gasteiger partial charge in [-0.1, -0.05) is 11.8 Å². The van der Waals surface area contributed by atoms with E-state index in [1.54, 1.807) is 26.0 Å². The minimum Gasteiger partial charge on any atom is -0.378 e. The number of nitrogens with one attached hydrogen (secondary N) is 1. The van der Waals surface area contributed by atoms with Gasteiger partial charge in [-0.25, -0.2) is 18.9 Å². The van der Waals surface area contributed by atoms with Gasteiger partial charge in [0, 0.05) is 18.2 Å². The van der Waals surface area contributed by atoms with Crippen LogP contribution in [0.2, 0.25) is 0 Å². The van der Waals surface area contributed by atoms with Gasteiger partial charge in [0.05, 0.1) is 15.2 Å². The van der Waals surface area contributed by atoms with E-state index in [1.165, 1.54) is 23.7 Å². The minimum absolute atomic E-state index is 0.0166. The highest BCUT2D eigenvalue weighted by Crippen LogP contribution is 2.28. The lowest BCUT2D eigenvalue weighted by molar-refractivity contribution is -0.131. The van der Waals surface area contributed by atoms with Crippen LogP contribution in [0.5, 0.6) is 0 Å². The van der Waals surface area contributed by atoms with Gasteiger partial charge in [0.2, 0.25) is 0 Å². The Hall–Kier alpha value is -2.43. The number of aliphatic hydroxyl groups is 1. The highest BCUT2D eigenvalue weighted by atomic mass is 32.2. The lowest BCUT2D eigenvalue weighted by Crippen LogP contribution is -2.49. The van der Waals surface area contributed by atoms with Gasteiger partial charge in [0.1, 0.15) is 10.3 Å². The van der Waals surface area contributed by atoms with E-state index in [0.29, 0.717) is 5.01 Å². The third kappa shape index (κ3) is 5.78. The molecule has 7 nitrogen and oxygen atoms in total. The van der Waals surface area contributed by atoms with Crippen LogP contribution in [-0.4, -0.2) is 46.2 Å². The van der Waals surface area contributed by atoms with Gasteiger partial charge in [0.15, 0.2) is 9.84 Å². The Bertz CT molecular complexity index is 1150. The quantitative estimate of drug-likeness (QED) is 0.374. The smallest absolute Gasteiger partial charge is 0.264 e. The van der Waals surface area contributed by atoms with Crippen molar-refractivity contribution in [3.63, 3.8) is 0 Å². The third-order valence-corrected chi connectivity index (χ3v) is 7.39. The van der Waals surface area contributed by atoms with Crippen LogP contribution >= 0.6 is 11.3 Å². The van der Waals surface area contributed by atoms with Crippen molar-refractivity contribution in [1.29, 1.82) is 0 Å². The molecule has 1 amide bonds. The number of aryl methyl sites for hydroxylation is 1. The number of thiazole rings is 1. The van der Waals surface area contributed by atoms with Crippen LogP contribution in [0.3, 0.4) is 0 Å². The molecule has 9 heteroatoms. The van der Waals surface area contributed by atoms with Crippen molar-refractivity contribution in [2.24, 2.45) is 0 Å². The molecule has 1 aromatic carbocycles. The van der Waals surface area contributed by atoms with Crippen LogP contribution < -0.4 is 5.48 Å². The maximum Gasteiger partial charge on any atom is 0.264 e. The molecule has 0 fully saturated rings. The predicted molar refractivity (Wildman–Crippen MR) is 112 cm³/mol. The first kappa shape index (κ1) is 22.9. The average Bonchev–Trinajstić information content (AvgIpc) is 3.03. The average molecular weight is 435 g/mol. The third-order valence-electron chi connectivity index (χ3n) is 4.29. The van der Waals surface area contributed by atoms with Crippen LogP contribution in [0.1, 0.15) is 37.8 Å². The predicted octanol–water partition coefficient (Wildman–Crippen LogP) is 1.66. The molecule has 154 valence electrons. The van der Waals surface area contributed by atoms with E-state index in [4.69, 9.17) is 5.21 Å². The second-order valence-corrected chi connectivity index (χ2v) is 10.9. The summed E-state index contributed by atoms with van der Waals surface area (Å²) in [7, 11) is -3.75. The molecule has 0 bridgehead atoms. The first-order chi connectivity index (χ1) is 13.4. The van der Waals surface area contributed by atoms with Gasteiger partial charge < -0.3 is 5.11 Å². The number of carbonyl (C=O) groups excluding carboxylic acids is 1. The van der Waals surface area contributed by atoms with Crippen molar-refractivity contribution in [3.8, 4) is 23.7 Å². The second-order valence-electron chi connectivity index (χ2n) is 7.29. The largest absolute Gasteiger partial charge is 0.378 e. The number of hydrogen-bond donors (Lipinski definition) is 3. The van der Waals surface area contributed by atoms with Gasteiger partial charge in [-0.05, 0) is 57.2 Å². The molecule has 0 aliphatic heterocycles. The molecule has 0 saturated carbocycles. The van der Waals surface area contributed by atoms with Gasteiger partial charge in [-0.3, -0.25) is 10.0 Å². The zero-order valence-electron chi connectivity index (χ0n) is 16.5. The summed E-state index contributed by atoms with van der Waals surface area (Å²) in [6, 6.07) is 5.45. The summed E-state index contributed by atoms with van der Waals surface area (Å²) in [4.78, 5) is 16.4. The van der Waals surface area contributed by atoms with E-state index < -0.39 is 26.1 Å². The fourth-order valence-corrected chi connectivity index (χ4v) is 4.24. The molecule has 0 aliphatic rings. The van der Waals surface area contributed by atoms with E-state index in [1.807, 2.05) is 6.07 Å². The molecule has 0 spiro atoms. The fraction of sp³-hybridized carbons (Fsp3) is 0.400. The molecular formula is C20H22N2O5S2. The zero-order chi connectivity index (χ0) is 21.9. The van der Waals surface area contributed by atoms with E-state index in [0.717, 1.165) is 22.0 Å². The molecule has 1 heterocycles. The first-order valence-electron chi connectivity index (χ1n) is 8.65. The van der Waals surface area contributed by atoms with E-state index in [-0.39, 0.29) is 12.8 Å². The Labute approximate surface area is 174 Å². The van der Waals surface area contributed by atoms with Crippen molar-refractivity contribution in [2.75, 3.05) is 6.26 Å². The topological polar surface area (TPSA) is 117 Å². The minimum atomic E-state index is -3.75. The van der Waals surface area contributed by atoms with Gasteiger partial charge in [0.25, 0.3) is 5.91 Å². The Kier molecular flexibility index (Phi) is 6.71. The second kappa shape index (κ2) is 8.52. The molecular weight excluding hydrogens is 412 g/mol. The number of hydrogen-bond acceptors (Lipinski definition) is 7. The SMILES string of the molecule is CC(C)(O)C#CC#Cc1ccc2nc(CCC(C)(C(=O)NO)S(C)(=O)=O)sc2c1. The van der Waals surface area contributed by atoms with E-state index >= 15 is 0 Å². The molecule has 1 aromatic heterocycles. The Morgan fingerprint density at radius 3 is 2.55 bits per heavy atom. The number of hydroxylamine groups is 1. The fourth-order valence-electron chi connectivity index (χ4n) is 2.38. The number of fused-ring (bicyclic) bond motifs is 1. The van der Waals surface area contributed by atoms with Crippen LogP contribution in [0.15, 0.2) is 18.2 Å². The van der Waals surface area contributed by atoms with Crippen molar-refractivity contribution in [3.05, 3.63) is 28.8 Å².